The van der Waals surface area contributed by atoms with E-state index in [2.05, 4.69) is 20.9 Å². The van der Waals surface area contributed by atoms with Gasteiger partial charge in [0.1, 0.15) is 0 Å². The maximum absolute atomic E-state index is 13.0. The fourth-order valence-electron chi connectivity index (χ4n) is 2.72. The molecule has 0 aliphatic rings. The summed E-state index contributed by atoms with van der Waals surface area (Å²) < 4.78 is 39.5. The number of carbonyl (C=O) groups excluding carboxylic acids is 1. The van der Waals surface area contributed by atoms with Crippen molar-refractivity contribution in [2.24, 2.45) is 0 Å². The minimum Gasteiger partial charge on any atom is -0.545 e. The van der Waals surface area contributed by atoms with Crippen molar-refractivity contribution < 1.29 is 23.1 Å². The third-order valence-corrected chi connectivity index (χ3v) is 4.35. The number of pyridine rings is 1. The van der Waals surface area contributed by atoms with Crippen LogP contribution in [0.15, 0.2) is 46.9 Å². The van der Waals surface area contributed by atoms with E-state index in [-0.39, 0.29) is 22.4 Å². The number of aromatic nitrogens is 1. The third-order valence-electron chi connectivity index (χ3n) is 3.86. The molecule has 0 saturated carbocycles. The number of carboxylic acid groups (broad SMARTS) is 1. The summed E-state index contributed by atoms with van der Waals surface area (Å²) >= 11 is 3.27. The molecule has 0 aliphatic carbocycles. The smallest absolute Gasteiger partial charge is 0.416 e. The van der Waals surface area contributed by atoms with Crippen LogP contribution in [-0.2, 0) is 6.18 Å². The fourth-order valence-corrected chi connectivity index (χ4v) is 3.08. The lowest BCUT2D eigenvalue weighted by atomic mass is 9.97. The molecule has 0 bridgehead atoms. The molecule has 0 aliphatic heterocycles. The van der Waals surface area contributed by atoms with Crippen molar-refractivity contribution in [2.45, 2.75) is 13.1 Å². The summed E-state index contributed by atoms with van der Waals surface area (Å²) in [6, 6.07) is 9.52. The molecule has 0 atom stereocenters. The van der Waals surface area contributed by atoms with E-state index in [0.717, 1.165) is 12.1 Å². The van der Waals surface area contributed by atoms with Crippen molar-refractivity contribution in [3.8, 4) is 11.3 Å². The van der Waals surface area contributed by atoms with Crippen molar-refractivity contribution in [3.63, 3.8) is 0 Å². The molecule has 0 fully saturated rings. The number of nitrogens with zero attached hydrogens (tertiary/aromatic N) is 1. The second-order valence-corrected chi connectivity index (χ2v) is 6.40. The second kappa shape index (κ2) is 6.15. The van der Waals surface area contributed by atoms with E-state index < -0.39 is 17.7 Å². The van der Waals surface area contributed by atoms with Gasteiger partial charge in [0.25, 0.3) is 0 Å². The van der Waals surface area contributed by atoms with Crippen molar-refractivity contribution >= 4 is 32.8 Å². The van der Waals surface area contributed by atoms with Crippen molar-refractivity contribution in [3.05, 3.63) is 63.6 Å². The molecule has 0 saturated heterocycles. The number of benzene rings is 2. The van der Waals surface area contributed by atoms with Crippen LogP contribution in [-0.4, -0.2) is 11.0 Å². The van der Waals surface area contributed by atoms with Crippen LogP contribution in [0.5, 0.6) is 0 Å². The highest BCUT2D eigenvalue weighted by atomic mass is 79.9. The number of halogens is 4. The monoisotopic (exact) mass is 408 g/mol. The van der Waals surface area contributed by atoms with Gasteiger partial charge in [0, 0.05) is 21.0 Å². The highest BCUT2D eigenvalue weighted by Gasteiger charge is 2.30. The largest absolute Gasteiger partial charge is 0.545 e. The van der Waals surface area contributed by atoms with E-state index in [9.17, 15) is 23.1 Å². The number of fused-ring (bicyclic) bond motifs is 1. The lowest BCUT2D eigenvalue weighted by Crippen LogP contribution is -2.24. The van der Waals surface area contributed by atoms with Gasteiger partial charge in [-0.25, -0.2) is 4.98 Å². The van der Waals surface area contributed by atoms with Crippen LogP contribution >= 0.6 is 15.9 Å². The van der Waals surface area contributed by atoms with Crippen molar-refractivity contribution in [1.82, 2.24) is 4.98 Å². The van der Waals surface area contributed by atoms with Gasteiger partial charge in [-0.05, 0) is 42.8 Å². The maximum atomic E-state index is 13.0. The normalized spacial score (nSPS) is 11.7. The van der Waals surface area contributed by atoms with Gasteiger partial charge in [-0.15, -0.1) is 0 Å². The summed E-state index contributed by atoms with van der Waals surface area (Å²) in [5.41, 5.74) is 0.0842. The Bertz CT molecular complexity index is 1000. The van der Waals surface area contributed by atoms with Crippen LogP contribution in [0.3, 0.4) is 0 Å². The Morgan fingerprint density at radius 2 is 1.88 bits per heavy atom. The first-order valence-electron chi connectivity index (χ1n) is 7.17. The molecule has 0 N–H and O–H groups in total. The molecular formula is C18H10BrF3NO2-. The lowest BCUT2D eigenvalue weighted by molar-refractivity contribution is -0.254. The van der Waals surface area contributed by atoms with Gasteiger partial charge < -0.3 is 9.90 Å². The molecule has 3 nitrogen and oxygen atoms in total. The quantitative estimate of drug-likeness (QED) is 0.633. The number of alkyl halides is 3. The predicted molar refractivity (Wildman–Crippen MR) is 88.9 cm³/mol. The molecule has 3 aromatic rings. The highest BCUT2D eigenvalue weighted by Crippen LogP contribution is 2.35. The first-order valence-corrected chi connectivity index (χ1v) is 7.96. The number of rotatable bonds is 2. The lowest BCUT2D eigenvalue weighted by Gasteiger charge is -2.16. The molecule has 2 aromatic carbocycles. The highest BCUT2D eigenvalue weighted by molar-refractivity contribution is 9.10. The number of carbonyl (C=O) groups is 1. The Balaban J connectivity index is 2.33. The van der Waals surface area contributed by atoms with E-state index in [0.29, 0.717) is 15.4 Å². The summed E-state index contributed by atoms with van der Waals surface area (Å²) in [4.78, 5) is 16.0. The van der Waals surface area contributed by atoms with E-state index in [1.807, 2.05) is 0 Å². The minimum atomic E-state index is -4.50. The predicted octanol–water partition coefficient (Wildman–Crippen LogP) is 4.36. The molecule has 25 heavy (non-hydrogen) atoms. The van der Waals surface area contributed by atoms with Crippen LogP contribution in [0.25, 0.3) is 22.2 Å². The number of carboxylic acids is 1. The molecule has 3 rings (SSSR count). The molecule has 1 heterocycles. The zero-order chi connectivity index (χ0) is 18.4. The SMILES string of the molecule is Cc1c(-c2cccc(C(F)(F)F)c2)nc2ccc(Br)cc2c1C(=O)[O-]. The van der Waals surface area contributed by atoms with Gasteiger partial charge in [0.05, 0.1) is 22.7 Å². The summed E-state index contributed by atoms with van der Waals surface area (Å²) in [6.45, 7) is 1.51. The average molecular weight is 409 g/mol. The van der Waals surface area contributed by atoms with Crippen molar-refractivity contribution in [2.75, 3.05) is 0 Å². The average Bonchev–Trinajstić information content (AvgIpc) is 2.53. The maximum Gasteiger partial charge on any atom is 0.416 e. The number of hydrogen-bond donors (Lipinski definition) is 0. The second-order valence-electron chi connectivity index (χ2n) is 5.49. The Morgan fingerprint density at radius 3 is 2.52 bits per heavy atom. The number of hydrogen-bond acceptors (Lipinski definition) is 3. The Labute approximate surface area is 149 Å². The van der Waals surface area contributed by atoms with Gasteiger partial charge in [0.2, 0.25) is 0 Å². The Kier molecular flexibility index (Phi) is 4.28. The van der Waals surface area contributed by atoms with Crippen LogP contribution < -0.4 is 5.11 Å². The van der Waals surface area contributed by atoms with E-state index in [1.54, 1.807) is 18.2 Å². The molecular weight excluding hydrogens is 399 g/mol. The first kappa shape index (κ1) is 17.4. The van der Waals surface area contributed by atoms with Gasteiger partial charge in [-0.1, -0.05) is 28.1 Å². The fraction of sp³-hybridized carbons (Fsp3) is 0.111. The van der Waals surface area contributed by atoms with E-state index >= 15 is 0 Å². The van der Waals surface area contributed by atoms with Gasteiger partial charge >= 0.3 is 6.18 Å². The molecule has 0 unspecified atom stereocenters. The van der Waals surface area contributed by atoms with Gasteiger partial charge in [-0.2, -0.15) is 13.2 Å². The van der Waals surface area contributed by atoms with Crippen molar-refractivity contribution in [1.29, 1.82) is 0 Å². The summed E-state index contributed by atoms with van der Waals surface area (Å²) in [7, 11) is 0. The van der Waals surface area contributed by atoms with Gasteiger partial charge in [0.15, 0.2) is 0 Å². The zero-order valence-electron chi connectivity index (χ0n) is 12.8. The zero-order valence-corrected chi connectivity index (χ0v) is 14.4. The molecule has 7 heteroatoms. The van der Waals surface area contributed by atoms with Gasteiger partial charge in [-0.3, -0.25) is 0 Å². The Morgan fingerprint density at radius 1 is 1.16 bits per heavy atom. The topological polar surface area (TPSA) is 53.0 Å². The van der Waals surface area contributed by atoms with E-state index in [4.69, 9.17) is 0 Å². The third kappa shape index (κ3) is 3.24. The van der Waals surface area contributed by atoms with Crippen LogP contribution in [0.1, 0.15) is 21.5 Å². The first-order chi connectivity index (χ1) is 11.7. The summed E-state index contributed by atoms with van der Waals surface area (Å²) in [5.74, 6) is -1.41. The molecule has 0 amide bonds. The summed E-state index contributed by atoms with van der Waals surface area (Å²) in [6.07, 6.45) is -4.50. The molecule has 0 radical (unpaired) electrons. The Hall–Kier alpha value is -2.41. The van der Waals surface area contributed by atoms with E-state index in [1.165, 1.54) is 19.1 Å². The van der Waals surface area contributed by atoms with Crippen LogP contribution in [0.2, 0.25) is 0 Å². The molecule has 1 aromatic heterocycles. The summed E-state index contributed by atoms with van der Waals surface area (Å²) in [5, 5.41) is 12.0. The minimum absolute atomic E-state index is 0.0845. The molecule has 128 valence electrons. The van der Waals surface area contributed by atoms with Crippen LogP contribution in [0.4, 0.5) is 13.2 Å². The number of aromatic carboxylic acids is 1. The molecule has 0 spiro atoms. The van der Waals surface area contributed by atoms with Crippen LogP contribution in [0, 0.1) is 6.92 Å². The standard InChI is InChI=1S/C18H11BrF3NO2/c1-9-15(17(24)25)13-8-12(19)5-6-14(13)23-16(9)10-3-2-4-11(7-10)18(20,21)22/h2-8H,1H3,(H,24,25)/p-1.